The van der Waals surface area contributed by atoms with Gasteiger partial charge in [-0.05, 0) is 24.6 Å². The van der Waals surface area contributed by atoms with Gasteiger partial charge in [-0.3, -0.25) is 4.79 Å². The Balaban J connectivity index is 2.07. The van der Waals surface area contributed by atoms with Crippen molar-refractivity contribution in [3.63, 3.8) is 0 Å². The summed E-state index contributed by atoms with van der Waals surface area (Å²) < 4.78 is 0. The van der Waals surface area contributed by atoms with Crippen LogP contribution < -0.4 is 11.1 Å². The maximum absolute atomic E-state index is 12.5. The number of nitrogens with zero attached hydrogens (tertiary/aromatic N) is 1. The minimum atomic E-state index is -0.393. The number of hydrogen-bond donors (Lipinski definition) is 2. The van der Waals surface area contributed by atoms with Gasteiger partial charge in [-0.1, -0.05) is 42.5 Å². The van der Waals surface area contributed by atoms with Crippen LogP contribution in [0.25, 0.3) is 0 Å². The fraction of sp³-hybridized carbons (Fsp3) is 0.222. The molecule has 0 aliphatic carbocycles. The fourth-order valence-corrected chi connectivity index (χ4v) is 2.93. The number of nitrogens with two attached hydrogens (primary N) is 1. The molecule has 3 N–H and O–H groups in total. The van der Waals surface area contributed by atoms with Crippen molar-refractivity contribution in [3.8, 4) is 0 Å². The molecule has 0 heterocycles. The SMILES string of the molecule is CC(c1ccccc1)N(C)C(=O)Nc1ccccc1SCC(N)=O. The first-order chi connectivity index (χ1) is 11.5. The minimum Gasteiger partial charge on any atom is -0.369 e. The molecule has 0 radical (unpaired) electrons. The second kappa shape index (κ2) is 8.40. The fourth-order valence-electron chi connectivity index (χ4n) is 2.18. The Morgan fingerprint density at radius 2 is 1.75 bits per heavy atom. The van der Waals surface area contributed by atoms with Gasteiger partial charge in [-0.15, -0.1) is 11.8 Å². The number of rotatable bonds is 6. The number of nitrogens with one attached hydrogen (secondary N) is 1. The third-order valence-corrected chi connectivity index (χ3v) is 4.78. The van der Waals surface area contributed by atoms with Crippen LogP contribution in [0.3, 0.4) is 0 Å². The van der Waals surface area contributed by atoms with Crippen molar-refractivity contribution in [2.45, 2.75) is 17.9 Å². The Morgan fingerprint density at radius 3 is 2.42 bits per heavy atom. The number of primary amides is 1. The van der Waals surface area contributed by atoms with Crippen LogP contribution in [0.1, 0.15) is 18.5 Å². The number of carbonyl (C=O) groups excluding carboxylic acids is 2. The number of carbonyl (C=O) groups is 2. The second-order valence-electron chi connectivity index (χ2n) is 5.38. The molecule has 1 atom stereocenters. The lowest BCUT2D eigenvalue weighted by Crippen LogP contribution is -2.33. The monoisotopic (exact) mass is 343 g/mol. The molecule has 0 aromatic heterocycles. The molecule has 0 fully saturated rings. The lowest BCUT2D eigenvalue weighted by Gasteiger charge is -2.26. The summed E-state index contributed by atoms with van der Waals surface area (Å²) in [5.41, 5.74) is 6.92. The van der Waals surface area contributed by atoms with Gasteiger partial charge in [0.25, 0.3) is 0 Å². The highest BCUT2D eigenvalue weighted by Gasteiger charge is 2.18. The molecule has 0 bridgehead atoms. The molecule has 0 spiro atoms. The van der Waals surface area contributed by atoms with Gasteiger partial charge in [0.1, 0.15) is 0 Å². The molecular formula is C18H21N3O2S. The van der Waals surface area contributed by atoms with E-state index in [1.54, 1.807) is 11.9 Å². The van der Waals surface area contributed by atoms with Gasteiger partial charge >= 0.3 is 6.03 Å². The predicted molar refractivity (Wildman–Crippen MR) is 98.0 cm³/mol. The molecule has 2 aromatic carbocycles. The van der Waals surface area contributed by atoms with E-state index >= 15 is 0 Å². The highest BCUT2D eigenvalue weighted by atomic mass is 32.2. The van der Waals surface area contributed by atoms with E-state index in [-0.39, 0.29) is 17.8 Å². The van der Waals surface area contributed by atoms with E-state index in [0.717, 1.165) is 10.5 Å². The first kappa shape index (κ1) is 17.9. The van der Waals surface area contributed by atoms with Crippen LogP contribution >= 0.6 is 11.8 Å². The van der Waals surface area contributed by atoms with Crippen LogP contribution in [-0.2, 0) is 4.79 Å². The van der Waals surface area contributed by atoms with E-state index in [1.165, 1.54) is 11.8 Å². The third-order valence-electron chi connectivity index (χ3n) is 3.68. The average Bonchev–Trinajstić information content (AvgIpc) is 2.60. The van der Waals surface area contributed by atoms with Crippen LogP contribution in [0.5, 0.6) is 0 Å². The summed E-state index contributed by atoms with van der Waals surface area (Å²) in [5, 5.41) is 2.90. The van der Waals surface area contributed by atoms with Crippen molar-refractivity contribution < 1.29 is 9.59 Å². The van der Waals surface area contributed by atoms with Crippen LogP contribution in [0.15, 0.2) is 59.5 Å². The maximum Gasteiger partial charge on any atom is 0.322 e. The van der Waals surface area contributed by atoms with Crippen LogP contribution in [0.2, 0.25) is 0 Å². The second-order valence-corrected chi connectivity index (χ2v) is 6.40. The molecule has 6 heteroatoms. The number of benzene rings is 2. The van der Waals surface area contributed by atoms with Crippen molar-refractivity contribution in [2.24, 2.45) is 5.73 Å². The Labute approximate surface area is 146 Å². The normalized spacial score (nSPS) is 11.6. The zero-order valence-corrected chi connectivity index (χ0v) is 14.5. The highest BCUT2D eigenvalue weighted by molar-refractivity contribution is 8.00. The lowest BCUT2D eigenvalue weighted by molar-refractivity contribution is -0.115. The van der Waals surface area contributed by atoms with Crippen molar-refractivity contribution in [1.29, 1.82) is 0 Å². The first-order valence-corrected chi connectivity index (χ1v) is 8.56. The summed E-state index contributed by atoms with van der Waals surface area (Å²) in [6.07, 6.45) is 0. The van der Waals surface area contributed by atoms with Crippen molar-refractivity contribution >= 4 is 29.4 Å². The zero-order chi connectivity index (χ0) is 17.5. The number of anilines is 1. The van der Waals surface area contributed by atoms with E-state index < -0.39 is 5.91 Å². The quantitative estimate of drug-likeness (QED) is 0.788. The van der Waals surface area contributed by atoms with Crippen molar-refractivity contribution in [2.75, 3.05) is 18.1 Å². The summed E-state index contributed by atoms with van der Waals surface area (Å²) in [6, 6.07) is 16.9. The summed E-state index contributed by atoms with van der Waals surface area (Å²) in [5.74, 6) is -0.223. The molecule has 0 saturated carbocycles. The molecule has 0 saturated heterocycles. The summed E-state index contributed by atoms with van der Waals surface area (Å²) in [7, 11) is 1.76. The van der Waals surface area contributed by atoms with Gasteiger partial charge in [-0.25, -0.2) is 4.79 Å². The van der Waals surface area contributed by atoms with E-state index in [4.69, 9.17) is 5.73 Å². The topological polar surface area (TPSA) is 75.4 Å². The van der Waals surface area contributed by atoms with Crippen molar-refractivity contribution in [3.05, 3.63) is 60.2 Å². The summed E-state index contributed by atoms with van der Waals surface area (Å²) >= 11 is 1.31. The number of para-hydroxylation sites is 1. The largest absolute Gasteiger partial charge is 0.369 e. The van der Waals surface area contributed by atoms with Gasteiger partial charge in [0, 0.05) is 11.9 Å². The molecule has 24 heavy (non-hydrogen) atoms. The Kier molecular flexibility index (Phi) is 6.26. The standard InChI is InChI=1S/C18H21N3O2S/c1-13(14-8-4-3-5-9-14)21(2)18(23)20-15-10-6-7-11-16(15)24-12-17(19)22/h3-11,13H,12H2,1-2H3,(H2,19,22)(H,20,23). The van der Waals surface area contributed by atoms with Crippen molar-refractivity contribution in [1.82, 2.24) is 4.90 Å². The third kappa shape index (κ3) is 4.76. The number of hydrogen-bond acceptors (Lipinski definition) is 3. The van der Waals surface area contributed by atoms with Gasteiger partial charge in [0.05, 0.1) is 17.5 Å². The van der Waals surface area contributed by atoms with E-state index in [0.29, 0.717) is 5.69 Å². The summed E-state index contributed by atoms with van der Waals surface area (Å²) in [4.78, 5) is 26.0. The number of amides is 3. The molecule has 2 rings (SSSR count). The molecule has 126 valence electrons. The summed E-state index contributed by atoms with van der Waals surface area (Å²) in [6.45, 7) is 1.97. The van der Waals surface area contributed by atoms with Crippen LogP contribution in [0, 0.1) is 0 Å². The molecular weight excluding hydrogens is 322 g/mol. The Morgan fingerprint density at radius 1 is 1.12 bits per heavy atom. The molecule has 0 aliphatic heterocycles. The molecule has 1 unspecified atom stereocenters. The van der Waals surface area contributed by atoms with Gasteiger partial charge in [0.15, 0.2) is 0 Å². The smallest absolute Gasteiger partial charge is 0.322 e. The highest BCUT2D eigenvalue weighted by Crippen LogP contribution is 2.27. The van der Waals surface area contributed by atoms with E-state index in [1.807, 2.05) is 61.5 Å². The molecule has 3 amide bonds. The van der Waals surface area contributed by atoms with E-state index in [2.05, 4.69) is 5.32 Å². The molecule has 5 nitrogen and oxygen atoms in total. The Bertz CT molecular complexity index is 706. The van der Waals surface area contributed by atoms with Crippen LogP contribution in [-0.4, -0.2) is 29.6 Å². The van der Waals surface area contributed by atoms with Gasteiger partial charge in [-0.2, -0.15) is 0 Å². The zero-order valence-electron chi connectivity index (χ0n) is 13.7. The van der Waals surface area contributed by atoms with Crippen LogP contribution in [0.4, 0.5) is 10.5 Å². The van der Waals surface area contributed by atoms with Gasteiger partial charge in [0.2, 0.25) is 5.91 Å². The van der Waals surface area contributed by atoms with Gasteiger partial charge < -0.3 is 16.0 Å². The Hall–Kier alpha value is -2.47. The lowest BCUT2D eigenvalue weighted by atomic mass is 10.1. The minimum absolute atomic E-state index is 0.0587. The number of thioether (sulfide) groups is 1. The molecule has 0 aliphatic rings. The first-order valence-electron chi connectivity index (χ1n) is 7.58. The number of urea groups is 1. The average molecular weight is 343 g/mol. The predicted octanol–water partition coefficient (Wildman–Crippen LogP) is 3.49. The van der Waals surface area contributed by atoms with E-state index in [9.17, 15) is 9.59 Å². The maximum atomic E-state index is 12.5. The molecule has 2 aromatic rings.